The van der Waals surface area contributed by atoms with E-state index in [2.05, 4.69) is 67.5 Å². The minimum Gasteiger partial charge on any atom is -0.455 e. The molecule has 1 atom stereocenters. The smallest absolute Gasteiger partial charge is 0.265 e. The number of piperazine rings is 1. The van der Waals surface area contributed by atoms with Gasteiger partial charge in [-0.15, -0.1) is 0 Å². The summed E-state index contributed by atoms with van der Waals surface area (Å²) in [5.41, 5.74) is 9.91. The van der Waals surface area contributed by atoms with Crippen LogP contribution in [0.3, 0.4) is 0 Å². The number of amides is 1. The standard InChI is InChI=1S/C32H39N7O4S.C13H15Cl/c1-38-11-13-39(14-12-38)24-3-5-27(30(18-24)43-25-17-23-7-10-33-31(23)35-21-25)32(40)37-44-26-4-6-28(29(19-26)36-41-2)34-20-22-8-15-42-16-9-22;1-10-2-4-11(5-3-10)12-6-8-13(14)9-7-12/h3-7,10,17-19,21-22,34,36H,8-9,11-16,20H2,1-2H3,(H,33,35)(H,37,40);2,6-9,11H,3-5H2,1H3. The maximum absolute atomic E-state index is 13.6. The van der Waals surface area contributed by atoms with Gasteiger partial charge in [0, 0.05) is 79.2 Å². The molecule has 3 aliphatic rings. The number of aromatic nitrogens is 2. The summed E-state index contributed by atoms with van der Waals surface area (Å²) in [6.07, 6.45) is 11.7. The lowest BCUT2D eigenvalue weighted by molar-refractivity contribution is 0.0699. The summed E-state index contributed by atoms with van der Waals surface area (Å²) >= 11 is 7.10. The summed E-state index contributed by atoms with van der Waals surface area (Å²) in [6.45, 7) is 8.49. The van der Waals surface area contributed by atoms with Crippen LogP contribution in [0.1, 0.15) is 60.9 Å². The van der Waals surface area contributed by atoms with Gasteiger partial charge in [0.2, 0.25) is 0 Å². The number of carbonyl (C=O) groups is 1. The van der Waals surface area contributed by atoms with Crippen LogP contribution >= 0.6 is 23.5 Å². The van der Waals surface area contributed by atoms with E-state index in [4.69, 9.17) is 25.9 Å². The lowest BCUT2D eigenvalue weighted by atomic mass is 9.85. The van der Waals surface area contributed by atoms with E-state index in [1.54, 1.807) is 13.3 Å². The molecule has 2 aromatic heterocycles. The third-order valence-electron chi connectivity index (χ3n) is 11.0. The third kappa shape index (κ3) is 11.3. The van der Waals surface area contributed by atoms with Crippen LogP contribution in [0.4, 0.5) is 17.1 Å². The zero-order chi connectivity index (χ0) is 40.3. The number of fused-ring (bicyclic) bond motifs is 1. The molecule has 0 radical (unpaired) electrons. The average Bonchev–Trinajstić information content (AvgIpc) is 3.72. The maximum atomic E-state index is 13.6. The Bertz CT molecular complexity index is 2150. The van der Waals surface area contributed by atoms with E-state index in [0.717, 1.165) is 96.8 Å². The van der Waals surface area contributed by atoms with E-state index in [-0.39, 0.29) is 5.91 Å². The fraction of sp³-hybridized carbons (Fsp3) is 0.378. The number of rotatable bonds is 12. The molecular weight excluding hydrogens is 770 g/mol. The second kappa shape index (κ2) is 20.3. The number of anilines is 3. The van der Waals surface area contributed by atoms with Crippen LogP contribution in [-0.4, -0.2) is 80.9 Å². The predicted octanol–water partition coefficient (Wildman–Crippen LogP) is 9.91. The van der Waals surface area contributed by atoms with E-state index >= 15 is 0 Å². The molecule has 5 aromatic rings. The quantitative estimate of drug-likeness (QED) is 0.0551. The molecule has 1 amide bonds. The summed E-state index contributed by atoms with van der Waals surface area (Å²) in [5.74, 6) is 2.07. The van der Waals surface area contributed by atoms with Crippen LogP contribution in [0, 0.1) is 5.92 Å². The number of pyridine rings is 1. The molecule has 3 aromatic carbocycles. The molecule has 4 N–H and O–H groups in total. The third-order valence-corrected chi connectivity index (χ3v) is 12.1. The van der Waals surface area contributed by atoms with Crippen LogP contribution in [0.25, 0.3) is 11.0 Å². The average molecular weight is 824 g/mol. The summed E-state index contributed by atoms with van der Waals surface area (Å²) < 4.78 is 14.8. The minimum absolute atomic E-state index is 0.256. The zero-order valence-corrected chi connectivity index (χ0v) is 35.1. The lowest BCUT2D eigenvalue weighted by Crippen LogP contribution is -2.44. The van der Waals surface area contributed by atoms with Gasteiger partial charge in [-0.25, -0.2) is 4.98 Å². The highest BCUT2D eigenvalue weighted by Gasteiger charge is 2.21. The fourth-order valence-corrected chi connectivity index (χ4v) is 8.21. The number of carbonyl (C=O) groups excluding carboxylic acids is 1. The number of allylic oxidation sites excluding steroid dienone is 2. The Kier molecular flexibility index (Phi) is 14.5. The predicted molar refractivity (Wildman–Crippen MR) is 237 cm³/mol. The molecule has 2 aliphatic heterocycles. The van der Waals surface area contributed by atoms with Gasteiger partial charge in [0.15, 0.2) is 0 Å². The second-order valence-electron chi connectivity index (χ2n) is 15.2. The molecule has 0 spiro atoms. The molecule has 11 nitrogen and oxygen atoms in total. The normalized spacial score (nSPS) is 17.6. The molecule has 58 heavy (non-hydrogen) atoms. The Balaban J connectivity index is 0.000000307. The Morgan fingerprint density at radius 1 is 0.983 bits per heavy atom. The van der Waals surface area contributed by atoms with Gasteiger partial charge in [0.1, 0.15) is 17.1 Å². The summed E-state index contributed by atoms with van der Waals surface area (Å²) in [7, 11) is 3.72. The van der Waals surface area contributed by atoms with E-state index in [0.29, 0.717) is 28.9 Å². The molecule has 2 fully saturated rings. The fourth-order valence-electron chi connectivity index (χ4n) is 7.45. The number of benzene rings is 3. The van der Waals surface area contributed by atoms with Gasteiger partial charge in [-0.1, -0.05) is 35.4 Å². The lowest BCUT2D eigenvalue weighted by Gasteiger charge is -2.34. The molecule has 1 unspecified atom stereocenters. The van der Waals surface area contributed by atoms with Crippen molar-refractivity contribution in [1.82, 2.24) is 19.6 Å². The number of likely N-dealkylation sites (N-methyl/N-ethyl adjacent to an activating group) is 1. The number of aromatic amines is 1. The minimum atomic E-state index is -0.256. The van der Waals surface area contributed by atoms with Crippen molar-refractivity contribution in [2.45, 2.75) is 49.8 Å². The first kappa shape index (κ1) is 41.4. The van der Waals surface area contributed by atoms with Crippen molar-refractivity contribution >= 4 is 57.6 Å². The van der Waals surface area contributed by atoms with Crippen LogP contribution in [0.2, 0.25) is 5.02 Å². The molecule has 1 aliphatic carbocycles. The van der Waals surface area contributed by atoms with Crippen molar-refractivity contribution in [2.75, 3.05) is 75.8 Å². The number of nitrogens with one attached hydrogen (secondary N) is 4. The Labute approximate surface area is 350 Å². The SMILES string of the molecule is CC1=CCC(c2ccc(Cl)cc2)CC1.CONc1cc(SNC(=O)c2ccc(N3CCN(C)CC3)cc2Oc2cnc3[nH]ccc3c2)ccc1NCC1CCOCC1. The van der Waals surface area contributed by atoms with E-state index < -0.39 is 0 Å². The zero-order valence-electron chi connectivity index (χ0n) is 33.6. The van der Waals surface area contributed by atoms with Gasteiger partial charge in [-0.05, 0) is 130 Å². The van der Waals surface area contributed by atoms with Gasteiger partial charge >= 0.3 is 0 Å². The summed E-state index contributed by atoms with van der Waals surface area (Å²) in [4.78, 5) is 31.8. The van der Waals surface area contributed by atoms with E-state index in [1.807, 2.05) is 66.9 Å². The molecule has 0 bridgehead atoms. The maximum Gasteiger partial charge on any atom is 0.265 e. The first-order valence-corrected chi connectivity index (χ1v) is 21.3. The number of ether oxygens (including phenoxy) is 2. The first-order chi connectivity index (χ1) is 28.3. The highest BCUT2D eigenvalue weighted by molar-refractivity contribution is 7.98. The summed E-state index contributed by atoms with van der Waals surface area (Å²) in [5, 5.41) is 5.30. The monoisotopic (exact) mass is 823 g/mol. The van der Waals surface area contributed by atoms with Crippen molar-refractivity contribution < 1.29 is 19.1 Å². The number of nitrogens with zero attached hydrogens (tertiary/aromatic N) is 3. The van der Waals surface area contributed by atoms with E-state index in [9.17, 15) is 4.79 Å². The number of halogens is 1. The Morgan fingerprint density at radius 2 is 1.79 bits per heavy atom. The van der Waals surface area contributed by atoms with Gasteiger partial charge in [-0.2, -0.15) is 0 Å². The molecule has 13 heteroatoms. The molecule has 0 saturated carbocycles. The van der Waals surface area contributed by atoms with Gasteiger partial charge in [0.05, 0.1) is 30.2 Å². The second-order valence-corrected chi connectivity index (χ2v) is 16.5. The Morgan fingerprint density at radius 3 is 2.55 bits per heavy atom. The van der Waals surface area contributed by atoms with Gasteiger partial charge < -0.3 is 29.6 Å². The van der Waals surface area contributed by atoms with Crippen LogP contribution in [0.15, 0.2) is 102 Å². The highest BCUT2D eigenvalue weighted by atomic mass is 35.5. The van der Waals surface area contributed by atoms with E-state index in [1.165, 1.54) is 42.3 Å². The van der Waals surface area contributed by atoms with Crippen LogP contribution in [-0.2, 0) is 9.57 Å². The van der Waals surface area contributed by atoms with Crippen molar-refractivity contribution in [3.63, 3.8) is 0 Å². The van der Waals surface area contributed by atoms with Crippen LogP contribution in [0.5, 0.6) is 11.5 Å². The molecule has 306 valence electrons. The highest BCUT2D eigenvalue weighted by Crippen LogP contribution is 2.34. The number of hydrogen-bond donors (Lipinski definition) is 4. The topological polar surface area (TPSA) is 116 Å². The van der Waals surface area contributed by atoms with Crippen molar-refractivity contribution in [1.29, 1.82) is 0 Å². The number of H-pyrrole nitrogens is 1. The van der Waals surface area contributed by atoms with Crippen molar-refractivity contribution in [2.24, 2.45) is 5.92 Å². The molecule has 4 heterocycles. The van der Waals surface area contributed by atoms with Gasteiger partial charge in [0.25, 0.3) is 5.91 Å². The van der Waals surface area contributed by atoms with Crippen LogP contribution < -0.4 is 25.2 Å². The Hall–Kier alpha value is -4.72. The molecular formula is C45H54ClN7O4S. The molecule has 8 rings (SSSR count). The van der Waals surface area contributed by atoms with Crippen molar-refractivity contribution in [3.05, 3.63) is 113 Å². The van der Waals surface area contributed by atoms with Crippen molar-refractivity contribution in [3.8, 4) is 11.5 Å². The largest absolute Gasteiger partial charge is 0.455 e. The number of hydrogen-bond acceptors (Lipinski definition) is 10. The summed E-state index contributed by atoms with van der Waals surface area (Å²) in [6, 6.07) is 23.8. The molecule has 2 saturated heterocycles. The van der Waals surface area contributed by atoms with Gasteiger partial charge in [-0.3, -0.25) is 19.8 Å². The first-order valence-electron chi connectivity index (χ1n) is 20.1.